The molecule has 10 heteroatoms. The lowest BCUT2D eigenvalue weighted by atomic mass is 10.0. The lowest BCUT2D eigenvalue weighted by Crippen LogP contribution is -2.43. The fraction of sp³-hybridized carbons (Fsp3) is 0.409. The molecule has 32 heavy (non-hydrogen) atoms. The molecule has 1 fully saturated rings. The molecule has 5 N–H and O–H groups in total. The number of piperidine rings is 1. The number of aliphatic hydroxyl groups is 1. The molecule has 0 aliphatic carbocycles. The fourth-order valence-electron chi connectivity index (χ4n) is 3.78. The summed E-state index contributed by atoms with van der Waals surface area (Å²) in [4.78, 5) is 13.1. The molecule has 1 saturated heterocycles. The van der Waals surface area contributed by atoms with Crippen LogP contribution in [0.3, 0.4) is 0 Å². The van der Waals surface area contributed by atoms with Gasteiger partial charge in [0.15, 0.2) is 0 Å². The van der Waals surface area contributed by atoms with Crippen molar-refractivity contribution < 1.29 is 28.5 Å². The molecule has 0 saturated carbocycles. The molecule has 1 aliphatic heterocycles. The third kappa shape index (κ3) is 6.84. The third-order valence-corrected chi connectivity index (χ3v) is 6.04. The highest BCUT2D eigenvalue weighted by Gasteiger charge is 2.21. The van der Waals surface area contributed by atoms with Crippen LogP contribution in [-0.2, 0) is 21.2 Å². The van der Waals surface area contributed by atoms with E-state index in [0.717, 1.165) is 43.4 Å². The van der Waals surface area contributed by atoms with Crippen molar-refractivity contribution in [2.45, 2.75) is 31.4 Å². The molecule has 9 nitrogen and oxygen atoms in total. The number of nitrogens with one attached hydrogen (secondary N) is 2. The third-order valence-electron chi connectivity index (χ3n) is 5.45. The van der Waals surface area contributed by atoms with E-state index in [-0.39, 0.29) is 23.9 Å². The minimum atomic E-state index is -3.55. The van der Waals surface area contributed by atoms with Gasteiger partial charge in [0.2, 0.25) is 10.0 Å². The van der Waals surface area contributed by atoms with E-state index in [2.05, 4.69) is 14.9 Å². The van der Waals surface area contributed by atoms with Gasteiger partial charge in [-0.2, -0.15) is 0 Å². The summed E-state index contributed by atoms with van der Waals surface area (Å²) in [5, 5.41) is 32.6. The number of aromatic hydroxyl groups is 1. The van der Waals surface area contributed by atoms with Gasteiger partial charge in [0, 0.05) is 31.4 Å². The highest BCUT2D eigenvalue weighted by molar-refractivity contribution is 7.92. The SMILES string of the molecule is CS(=O)(=O)Nc1cc(C(O)CNC2CCN(c3ccc(CC(=O)O)cc3)CC2)ccc1O. The second-order valence-corrected chi connectivity index (χ2v) is 9.82. The number of carbonyl (C=O) groups is 1. The topological polar surface area (TPSA) is 139 Å². The highest BCUT2D eigenvalue weighted by atomic mass is 32.2. The standard InChI is InChI=1S/C22H29N3O6S/c1-32(30,31)24-19-13-16(4-7-20(19)26)21(27)14-23-17-8-10-25(11-9-17)18-5-2-15(3-6-18)12-22(28)29/h2-7,13,17,21,23-24,26-27H,8-12,14H2,1H3,(H,28,29). The molecule has 174 valence electrons. The summed E-state index contributed by atoms with van der Waals surface area (Å²) in [5.41, 5.74) is 2.37. The van der Waals surface area contributed by atoms with Crippen molar-refractivity contribution in [3.05, 3.63) is 53.6 Å². The maximum Gasteiger partial charge on any atom is 0.307 e. The average Bonchev–Trinajstić information content (AvgIpc) is 2.73. The zero-order valence-corrected chi connectivity index (χ0v) is 18.7. The summed E-state index contributed by atoms with van der Waals surface area (Å²) in [6.45, 7) is 1.99. The molecular formula is C22H29N3O6S. The van der Waals surface area contributed by atoms with Gasteiger partial charge in [-0.15, -0.1) is 0 Å². The lowest BCUT2D eigenvalue weighted by molar-refractivity contribution is -0.136. The molecule has 1 unspecified atom stereocenters. The molecule has 0 spiro atoms. The van der Waals surface area contributed by atoms with Crippen LogP contribution in [0.15, 0.2) is 42.5 Å². The summed E-state index contributed by atoms with van der Waals surface area (Å²) < 4.78 is 25.1. The van der Waals surface area contributed by atoms with E-state index in [9.17, 15) is 23.4 Å². The number of aliphatic carboxylic acids is 1. The van der Waals surface area contributed by atoms with Crippen LogP contribution >= 0.6 is 0 Å². The van der Waals surface area contributed by atoms with E-state index in [1.54, 1.807) is 6.07 Å². The Balaban J connectivity index is 1.49. The van der Waals surface area contributed by atoms with Crippen LogP contribution < -0.4 is 14.9 Å². The fourth-order valence-corrected chi connectivity index (χ4v) is 4.34. The van der Waals surface area contributed by atoms with Crippen LogP contribution in [-0.4, -0.2) is 61.6 Å². The quantitative estimate of drug-likeness (QED) is 0.354. The van der Waals surface area contributed by atoms with Crippen molar-refractivity contribution in [1.29, 1.82) is 0 Å². The second-order valence-electron chi connectivity index (χ2n) is 8.07. The number of anilines is 2. The van der Waals surface area contributed by atoms with E-state index in [1.807, 2.05) is 24.3 Å². The highest BCUT2D eigenvalue weighted by Crippen LogP contribution is 2.28. The van der Waals surface area contributed by atoms with Crippen LogP contribution in [0.1, 0.15) is 30.1 Å². The zero-order chi connectivity index (χ0) is 23.3. The van der Waals surface area contributed by atoms with E-state index < -0.39 is 22.1 Å². The van der Waals surface area contributed by atoms with Crippen LogP contribution in [0.2, 0.25) is 0 Å². The molecule has 1 heterocycles. The molecule has 0 amide bonds. The van der Waals surface area contributed by atoms with Gasteiger partial charge in [0.1, 0.15) is 5.75 Å². The Labute approximate surface area is 187 Å². The van der Waals surface area contributed by atoms with Gasteiger partial charge in [0.05, 0.1) is 24.5 Å². The zero-order valence-electron chi connectivity index (χ0n) is 17.9. The monoisotopic (exact) mass is 463 g/mol. The first-order valence-corrected chi connectivity index (χ1v) is 12.3. The van der Waals surface area contributed by atoms with Gasteiger partial charge in [-0.05, 0) is 48.2 Å². The maximum absolute atomic E-state index is 11.4. The van der Waals surface area contributed by atoms with E-state index in [4.69, 9.17) is 5.11 Å². The van der Waals surface area contributed by atoms with E-state index >= 15 is 0 Å². The molecule has 1 atom stereocenters. The van der Waals surface area contributed by atoms with Gasteiger partial charge in [-0.3, -0.25) is 9.52 Å². The molecule has 3 rings (SSSR count). The van der Waals surface area contributed by atoms with Crippen molar-refractivity contribution in [2.75, 3.05) is 35.5 Å². The number of nitrogens with zero attached hydrogens (tertiary/aromatic N) is 1. The average molecular weight is 464 g/mol. The second kappa shape index (κ2) is 10.2. The first kappa shape index (κ1) is 23.8. The number of phenolic OH excluding ortho intramolecular Hbond substituents is 1. The number of carboxylic acids is 1. The molecule has 2 aromatic rings. The van der Waals surface area contributed by atoms with E-state index in [1.165, 1.54) is 12.1 Å². The summed E-state index contributed by atoms with van der Waals surface area (Å²) in [6, 6.07) is 12.2. The number of carboxylic acid groups (broad SMARTS) is 1. The van der Waals surface area contributed by atoms with E-state index in [0.29, 0.717) is 12.1 Å². The largest absolute Gasteiger partial charge is 0.506 e. The number of benzene rings is 2. The van der Waals surface area contributed by atoms with Crippen molar-refractivity contribution in [2.24, 2.45) is 0 Å². The summed E-state index contributed by atoms with van der Waals surface area (Å²) >= 11 is 0. The normalized spacial score (nSPS) is 16.0. The molecule has 0 bridgehead atoms. The minimum Gasteiger partial charge on any atom is -0.506 e. The van der Waals surface area contributed by atoms with Crippen molar-refractivity contribution in [3.63, 3.8) is 0 Å². The molecule has 1 aliphatic rings. The minimum absolute atomic E-state index is 0.0153. The van der Waals surface area contributed by atoms with Crippen LogP contribution in [0, 0.1) is 0 Å². The first-order chi connectivity index (χ1) is 15.1. The Bertz CT molecular complexity index is 1030. The van der Waals surface area contributed by atoms with Crippen LogP contribution in [0.25, 0.3) is 0 Å². The predicted octanol–water partition coefficient (Wildman–Crippen LogP) is 1.68. The van der Waals surface area contributed by atoms with Gasteiger partial charge in [-0.1, -0.05) is 18.2 Å². The van der Waals surface area contributed by atoms with Crippen LogP contribution in [0.5, 0.6) is 5.75 Å². The Morgan fingerprint density at radius 2 is 1.81 bits per heavy atom. The van der Waals surface area contributed by atoms with Crippen molar-refractivity contribution in [3.8, 4) is 5.75 Å². The Hall–Kier alpha value is -2.82. The van der Waals surface area contributed by atoms with Crippen molar-refractivity contribution >= 4 is 27.4 Å². The number of hydrogen-bond acceptors (Lipinski definition) is 7. The predicted molar refractivity (Wildman–Crippen MR) is 123 cm³/mol. The molecule has 0 radical (unpaired) electrons. The van der Waals surface area contributed by atoms with Gasteiger partial charge >= 0.3 is 5.97 Å². The van der Waals surface area contributed by atoms with Gasteiger partial charge in [0.25, 0.3) is 0 Å². The first-order valence-electron chi connectivity index (χ1n) is 10.4. The van der Waals surface area contributed by atoms with Crippen molar-refractivity contribution in [1.82, 2.24) is 5.32 Å². The number of sulfonamides is 1. The number of phenols is 1. The Kier molecular flexibility index (Phi) is 7.60. The summed E-state index contributed by atoms with van der Waals surface area (Å²) in [5.74, 6) is -1.05. The van der Waals surface area contributed by atoms with Gasteiger partial charge in [-0.25, -0.2) is 8.42 Å². The van der Waals surface area contributed by atoms with Crippen LogP contribution in [0.4, 0.5) is 11.4 Å². The summed E-state index contributed by atoms with van der Waals surface area (Å²) in [6.07, 6.45) is 1.94. The number of hydrogen-bond donors (Lipinski definition) is 5. The molecule has 0 aromatic heterocycles. The summed E-state index contributed by atoms with van der Waals surface area (Å²) in [7, 11) is -3.55. The Morgan fingerprint density at radius 1 is 1.16 bits per heavy atom. The molecule has 2 aromatic carbocycles. The smallest absolute Gasteiger partial charge is 0.307 e. The number of aliphatic hydroxyl groups excluding tert-OH is 1. The van der Waals surface area contributed by atoms with Gasteiger partial charge < -0.3 is 25.5 Å². The number of rotatable bonds is 9. The Morgan fingerprint density at radius 3 is 2.41 bits per heavy atom. The maximum atomic E-state index is 11.4. The lowest BCUT2D eigenvalue weighted by Gasteiger charge is -2.34. The molecular weight excluding hydrogens is 434 g/mol.